The Morgan fingerprint density at radius 1 is 1.44 bits per heavy atom. The highest BCUT2D eigenvalue weighted by Crippen LogP contribution is 2.21. The van der Waals surface area contributed by atoms with Crippen LogP contribution in [0.4, 0.5) is 0 Å². The van der Waals surface area contributed by atoms with Crippen LogP contribution in [0.5, 0.6) is 5.75 Å². The molecule has 0 unspecified atom stereocenters. The number of carbonyl (C=O) groups excluding carboxylic acids is 2. The van der Waals surface area contributed by atoms with Crippen molar-refractivity contribution in [1.29, 1.82) is 0 Å². The fourth-order valence-corrected chi connectivity index (χ4v) is 1.36. The molecule has 5 nitrogen and oxygen atoms in total. The van der Waals surface area contributed by atoms with Gasteiger partial charge in [-0.25, -0.2) is 4.98 Å². The van der Waals surface area contributed by atoms with E-state index in [1.54, 1.807) is 32.9 Å². The first kappa shape index (κ1) is 14.2. The Hall–Kier alpha value is -1.91. The minimum absolute atomic E-state index is 0.116. The zero-order valence-electron chi connectivity index (χ0n) is 11.0. The van der Waals surface area contributed by atoms with Crippen LogP contribution in [0.1, 0.15) is 30.0 Å². The molecule has 0 aromatic carbocycles. The molecular formula is C13H17NO4. The van der Waals surface area contributed by atoms with E-state index < -0.39 is 5.41 Å². The van der Waals surface area contributed by atoms with Gasteiger partial charge in [0, 0.05) is 5.69 Å². The van der Waals surface area contributed by atoms with Gasteiger partial charge in [-0.05, 0) is 32.9 Å². The molecule has 0 saturated carbocycles. The molecule has 18 heavy (non-hydrogen) atoms. The first-order valence-corrected chi connectivity index (χ1v) is 5.55. The molecule has 0 aliphatic carbocycles. The van der Waals surface area contributed by atoms with Gasteiger partial charge in [-0.15, -0.1) is 0 Å². The molecule has 1 aromatic rings. The van der Waals surface area contributed by atoms with Crippen molar-refractivity contribution in [2.45, 2.75) is 20.8 Å². The number of aldehydes is 1. The van der Waals surface area contributed by atoms with Gasteiger partial charge in [0.05, 0.1) is 12.5 Å². The third kappa shape index (κ3) is 3.29. The minimum atomic E-state index is -0.778. The summed E-state index contributed by atoms with van der Waals surface area (Å²) in [4.78, 5) is 26.4. The molecule has 0 spiro atoms. The first-order valence-electron chi connectivity index (χ1n) is 5.55. The number of aromatic nitrogens is 1. The number of carbonyl (C=O) groups is 2. The van der Waals surface area contributed by atoms with Crippen LogP contribution in [0.3, 0.4) is 0 Å². The fraction of sp³-hybridized carbons (Fsp3) is 0.462. The predicted octanol–water partition coefficient (Wildman–Crippen LogP) is 1.78. The summed E-state index contributed by atoms with van der Waals surface area (Å²) in [5.74, 6) is 0.00259. The third-order valence-electron chi connectivity index (χ3n) is 2.46. The summed E-state index contributed by atoms with van der Waals surface area (Å²) in [5.41, 5.74) is 0.187. The Labute approximate surface area is 106 Å². The third-order valence-corrected chi connectivity index (χ3v) is 2.46. The maximum Gasteiger partial charge on any atom is 0.314 e. The zero-order chi connectivity index (χ0) is 13.8. The van der Waals surface area contributed by atoms with Crippen molar-refractivity contribution < 1.29 is 19.1 Å². The molecular weight excluding hydrogens is 234 g/mol. The van der Waals surface area contributed by atoms with E-state index in [1.165, 1.54) is 7.11 Å². The molecule has 1 aromatic heterocycles. The number of methoxy groups -OCH3 is 1. The Morgan fingerprint density at radius 3 is 2.67 bits per heavy atom. The summed E-state index contributed by atoms with van der Waals surface area (Å²) >= 11 is 0. The molecule has 0 radical (unpaired) electrons. The molecule has 0 saturated heterocycles. The molecule has 0 atom stereocenters. The van der Waals surface area contributed by atoms with Crippen molar-refractivity contribution in [3.63, 3.8) is 0 Å². The number of pyridine rings is 1. The lowest BCUT2D eigenvalue weighted by molar-refractivity contribution is -0.152. The molecule has 0 bridgehead atoms. The van der Waals surface area contributed by atoms with Crippen LogP contribution in [0.25, 0.3) is 0 Å². The van der Waals surface area contributed by atoms with Gasteiger partial charge in [0.1, 0.15) is 18.1 Å². The van der Waals surface area contributed by atoms with E-state index in [0.29, 0.717) is 12.0 Å². The Balaban J connectivity index is 2.80. The number of ether oxygens (including phenoxy) is 2. The van der Waals surface area contributed by atoms with E-state index in [9.17, 15) is 9.59 Å². The second kappa shape index (κ2) is 5.62. The van der Waals surface area contributed by atoms with E-state index >= 15 is 0 Å². The fourth-order valence-electron chi connectivity index (χ4n) is 1.36. The van der Waals surface area contributed by atoms with Gasteiger partial charge in [-0.3, -0.25) is 9.59 Å². The van der Waals surface area contributed by atoms with Crippen molar-refractivity contribution >= 4 is 12.3 Å². The second-order valence-electron chi connectivity index (χ2n) is 4.62. The monoisotopic (exact) mass is 251 g/mol. The maximum absolute atomic E-state index is 11.5. The van der Waals surface area contributed by atoms with Crippen molar-refractivity contribution in [3.05, 3.63) is 23.5 Å². The Kier molecular flexibility index (Phi) is 4.42. The van der Waals surface area contributed by atoms with Gasteiger partial charge < -0.3 is 9.47 Å². The molecule has 0 amide bonds. The van der Waals surface area contributed by atoms with Crippen LogP contribution < -0.4 is 4.74 Å². The van der Waals surface area contributed by atoms with E-state index in [2.05, 4.69) is 9.72 Å². The molecule has 0 fully saturated rings. The van der Waals surface area contributed by atoms with Crippen LogP contribution in [0.15, 0.2) is 12.1 Å². The number of aryl methyl sites for hydroxylation is 1. The molecule has 5 heteroatoms. The highest BCUT2D eigenvalue weighted by atomic mass is 16.5. The summed E-state index contributed by atoms with van der Waals surface area (Å²) in [7, 11) is 1.33. The van der Waals surface area contributed by atoms with Gasteiger partial charge in [0.2, 0.25) is 0 Å². The van der Waals surface area contributed by atoms with Gasteiger partial charge in [0.15, 0.2) is 6.29 Å². The van der Waals surface area contributed by atoms with Crippen molar-refractivity contribution in [2.24, 2.45) is 5.41 Å². The molecule has 0 aliphatic rings. The van der Waals surface area contributed by atoms with E-state index in [-0.39, 0.29) is 18.3 Å². The van der Waals surface area contributed by atoms with Gasteiger partial charge in [-0.2, -0.15) is 0 Å². The summed E-state index contributed by atoms with van der Waals surface area (Å²) < 4.78 is 10.2. The average molecular weight is 251 g/mol. The standard InChI is InChI=1S/C13H17NO4/c1-9-5-6-11(10(7-15)14-9)18-8-13(2,3)12(16)17-4/h5-7H,8H2,1-4H3. The Bertz CT molecular complexity index is 454. The lowest BCUT2D eigenvalue weighted by atomic mass is 9.95. The summed E-state index contributed by atoms with van der Waals surface area (Å²) in [6.07, 6.45) is 0.632. The lowest BCUT2D eigenvalue weighted by Crippen LogP contribution is -2.32. The molecule has 98 valence electrons. The zero-order valence-corrected chi connectivity index (χ0v) is 11.0. The van der Waals surface area contributed by atoms with Crippen LogP contribution in [-0.2, 0) is 9.53 Å². The number of hydrogen-bond donors (Lipinski definition) is 0. The highest BCUT2D eigenvalue weighted by Gasteiger charge is 2.30. The van der Waals surface area contributed by atoms with E-state index in [0.717, 1.165) is 5.69 Å². The topological polar surface area (TPSA) is 65.5 Å². The van der Waals surface area contributed by atoms with Crippen LogP contribution in [-0.4, -0.2) is 31.0 Å². The van der Waals surface area contributed by atoms with Crippen molar-refractivity contribution in [3.8, 4) is 5.75 Å². The number of nitrogens with zero attached hydrogens (tertiary/aromatic N) is 1. The Morgan fingerprint density at radius 2 is 2.11 bits per heavy atom. The molecule has 0 aliphatic heterocycles. The minimum Gasteiger partial charge on any atom is -0.490 e. The van der Waals surface area contributed by atoms with Crippen LogP contribution >= 0.6 is 0 Å². The SMILES string of the molecule is COC(=O)C(C)(C)COc1ccc(C)nc1C=O. The highest BCUT2D eigenvalue weighted by molar-refractivity contribution is 5.77. The van der Waals surface area contributed by atoms with Gasteiger partial charge in [-0.1, -0.05) is 0 Å². The quantitative estimate of drug-likeness (QED) is 0.589. The second-order valence-corrected chi connectivity index (χ2v) is 4.62. The number of esters is 1. The molecule has 1 rings (SSSR count). The normalized spacial score (nSPS) is 10.9. The number of rotatable bonds is 5. The predicted molar refractivity (Wildman–Crippen MR) is 65.7 cm³/mol. The lowest BCUT2D eigenvalue weighted by Gasteiger charge is -2.21. The molecule has 1 heterocycles. The average Bonchev–Trinajstić information content (AvgIpc) is 2.36. The van der Waals surface area contributed by atoms with Gasteiger partial charge in [0.25, 0.3) is 0 Å². The molecule has 0 N–H and O–H groups in total. The number of hydrogen-bond acceptors (Lipinski definition) is 5. The largest absolute Gasteiger partial charge is 0.490 e. The van der Waals surface area contributed by atoms with E-state index in [1.807, 2.05) is 0 Å². The van der Waals surface area contributed by atoms with Crippen molar-refractivity contribution in [2.75, 3.05) is 13.7 Å². The van der Waals surface area contributed by atoms with Crippen molar-refractivity contribution in [1.82, 2.24) is 4.98 Å². The van der Waals surface area contributed by atoms with Crippen LogP contribution in [0, 0.1) is 12.3 Å². The van der Waals surface area contributed by atoms with Crippen LogP contribution in [0.2, 0.25) is 0 Å². The summed E-state index contributed by atoms with van der Waals surface area (Å²) in [6, 6.07) is 3.41. The maximum atomic E-state index is 11.5. The van der Waals surface area contributed by atoms with Gasteiger partial charge >= 0.3 is 5.97 Å². The smallest absolute Gasteiger partial charge is 0.314 e. The summed E-state index contributed by atoms with van der Waals surface area (Å²) in [6.45, 7) is 5.32. The van der Waals surface area contributed by atoms with E-state index in [4.69, 9.17) is 4.74 Å². The summed E-state index contributed by atoms with van der Waals surface area (Å²) in [5, 5.41) is 0. The first-order chi connectivity index (χ1) is 8.40.